The molecule has 2 N–H and O–H groups in total. The number of halogens is 1. The number of benzene rings is 1. The van der Waals surface area contributed by atoms with Crippen LogP contribution in [0.25, 0.3) is 0 Å². The van der Waals surface area contributed by atoms with Crippen LogP contribution in [0.2, 0.25) is 0 Å². The van der Waals surface area contributed by atoms with E-state index in [9.17, 15) is 4.79 Å². The fourth-order valence-corrected chi connectivity index (χ4v) is 3.12. The third-order valence-corrected chi connectivity index (χ3v) is 4.38. The van der Waals surface area contributed by atoms with Crippen molar-refractivity contribution in [2.75, 3.05) is 6.54 Å². The van der Waals surface area contributed by atoms with Crippen LogP contribution in [0.4, 0.5) is 0 Å². The molecule has 1 amide bonds. The van der Waals surface area contributed by atoms with Crippen LogP contribution >= 0.6 is 12.4 Å². The minimum absolute atomic E-state index is 0. The highest BCUT2D eigenvalue weighted by molar-refractivity contribution is 5.85. The Morgan fingerprint density at radius 1 is 1.27 bits per heavy atom. The zero-order valence-electron chi connectivity index (χ0n) is 13.5. The number of rotatable bonds is 7. The smallest absolute Gasteiger partial charge is 0.222 e. The number of hydrogen-bond acceptors (Lipinski definition) is 2. The third-order valence-electron chi connectivity index (χ3n) is 4.38. The summed E-state index contributed by atoms with van der Waals surface area (Å²) in [6.45, 7) is 2.81. The van der Waals surface area contributed by atoms with Gasteiger partial charge >= 0.3 is 0 Å². The molecule has 1 aliphatic carbocycles. The molecule has 1 unspecified atom stereocenters. The van der Waals surface area contributed by atoms with Gasteiger partial charge in [-0.2, -0.15) is 0 Å². The molecule has 22 heavy (non-hydrogen) atoms. The maximum atomic E-state index is 12.5. The molecule has 3 nitrogen and oxygen atoms in total. The number of amides is 1. The molecule has 0 bridgehead atoms. The van der Waals surface area contributed by atoms with Gasteiger partial charge in [0.05, 0.1) is 0 Å². The quantitative estimate of drug-likeness (QED) is 0.833. The van der Waals surface area contributed by atoms with Crippen molar-refractivity contribution < 1.29 is 4.79 Å². The van der Waals surface area contributed by atoms with Gasteiger partial charge in [0.15, 0.2) is 0 Å². The lowest BCUT2D eigenvalue weighted by molar-refractivity contribution is -0.133. The summed E-state index contributed by atoms with van der Waals surface area (Å²) in [7, 11) is 0. The number of nitrogens with two attached hydrogens (primary N) is 1. The van der Waals surface area contributed by atoms with E-state index in [1.165, 1.54) is 31.2 Å². The fraction of sp³-hybridized carbons (Fsp3) is 0.611. The van der Waals surface area contributed by atoms with Crippen molar-refractivity contribution >= 4 is 18.3 Å². The van der Waals surface area contributed by atoms with E-state index in [1.807, 2.05) is 13.0 Å². The number of carbonyl (C=O) groups is 1. The molecule has 0 spiro atoms. The SMILES string of the molecule is CC(N)CCC(=O)N(CCc1ccccc1)C1CCCC1.Cl. The molecular formula is C18H29ClN2O. The van der Waals surface area contributed by atoms with E-state index in [1.54, 1.807) is 0 Å². The lowest BCUT2D eigenvalue weighted by atomic mass is 10.1. The topological polar surface area (TPSA) is 46.3 Å². The average molecular weight is 325 g/mol. The highest BCUT2D eigenvalue weighted by Gasteiger charge is 2.26. The second-order valence-corrected chi connectivity index (χ2v) is 6.28. The van der Waals surface area contributed by atoms with Gasteiger partial charge in [0, 0.05) is 25.0 Å². The summed E-state index contributed by atoms with van der Waals surface area (Å²) in [5.74, 6) is 0.287. The predicted molar refractivity (Wildman–Crippen MR) is 94.2 cm³/mol. The predicted octanol–water partition coefficient (Wildman–Crippen LogP) is 3.55. The van der Waals surface area contributed by atoms with E-state index in [0.717, 1.165) is 19.4 Å². The minimum Gasteiger partial charge on any atom is -0.339 e. The molecule has 0 radical (unpaired) electrons. The molecule has 2 rings (SSSR count). The standard InChI is InChI=1S/C18H28N2O.ClH/c1-15(19)11-12-18(21)20(17-9-5-6-10-17)14-13-16-7-3-2-4-8-16;/h2-4,7-8,15,17H,5-6,9-14,19H2,1H3;1H. The van der Waals surface area contributed by atoms with Crippen molar-refractivity contribution in [1.29, 1.82) is 0 Å². The first-order chi connectivity index (χ1) is 10.2. The van der Waals surface area contributed by atoms with Crippen molar-refractivity contribution in [1.82, 2.24) is 4.90 Å². The molecule has 1 aliphatic rings. The van der Waals surface area contributed by atoms with Crippen LogP contribution in [0.15, 0.2) is 30.3 Å². The number of hydrogen-bond donors (Lipinski definition) is 1. The Balaban J connectivity index is 0.00000242. The third kappa shape index (κ3) is 5.98. The van der Waals surface area contributed by atoms with Gasteiger partial charge in [-0.25, -0.2) is 0 Å². The Kier molecular flexibility index (Phi) is 8.51. The Hall–Kier alpha value is -1.06. The summed E-state index contributed by atoms with van der Waals surface area (Å²) >= 11 is 0. The van der Waals surface area contributed by atoms with Crippen LogP contribution in [0, 0.1) is 0 Å². The van der Waals surface area contributed by atoms with Crippen molar-refractivity contribution in [2.24, 2.45) is 5.73 Å². The monoisotopic (exact) mass is 324 g/mol. The van der Waals surface area contributed by atoms with E-state index < -0.39 is 0 Å². The summed E-state index contributed by atoms with van der Waals surface area (Å²) in [6, 6.07) is 11.0. The van der Waals surface area contributed by atoms with Gasteiger partial charge in [0.25, 0.3) is 0 Å². The lowest BCUT2D eigenvalue weighted by Gasteiger charge is -2.29. The summed E-state index contributed by atoms with van der Waals surface area (Å²) < 4.78 is 0. The Bertz CT molecular complexity index is 430. The molecule has 0 heterocycles. The van der Waals surface area contributed by atoms with Crippen LogP contribution in [-0.4, -0.2) is 29.4 Å². The summed E-state index contributed by atoms with van der Waals surface area (Å²) in [5.41, 5.74) is 7.09. The molecule has 124 valence electrons. The first kappa shape index (κ1) is 19.0. The van der Waals surface area contributed by atoms with E-state index in [2.05, 4.69) is 29.2 Å². The maximum absolute atomic E-state index is 12.5. The Morgan fingerprint density at radius 2 is 1.91 bits per heavy atom. The van der Waals surface area contributed by atoms with E-state index in [0.29, 0.717) is 12.5 Å². The fourth-order valence-electron chi connectivity index (χ4n) is 3.12. The van der Waals surface area contributed by atoms with Gasteiger partial charge in [-0.05, 0) is 38.2 Å². The highest BCUT2D eigenvalue weighted by atomic mass is 35.5. The normalized spacial score (nSPS) is 16.1. The van der Waals surface area contributed by atoms with Crippen LogP contribution in [-0.2, 0) is 11.2 Å². The number of nitrogens with zero attached hydrogens (tertiary/aromatic N) is 1. The second kappa shape index (κ2) is 9.86. The Labute approximate surface area is 140 Å². The van der Waals surface area contributed by atoms with Gasteiger partial charge < -0.3 is 10.6 Å². The van der Waals surface area contributed by atoms with Crippen LogP contribution in [0.3, 0.4) is 0 Å². The average Bonchev–Trinajstić information content (AvgIpc) is 3.00. The van der Waals surface area contributed by atoms with Crippen molar-refractivity contribution in [3.05, 3.63) is 35.9 Å². The van der Waals surface area contributed by atoms with Crippen molar-refractivity contribution in [2.45, 2.75) is 64.0 Å². The lowest BCUT2D eigenvalue weighted by Crippen LogP contribution is -2.40. The van der Waals surface area contributed by atoms with Gasteiger partial charge in [-0.3, -0.25) is 4.79 Å². The first-order valence-corrected chi connectivity index (χ1v) is 8.26. The van der Waals surface area contributed by atoms with E-state index in [-0.39, 0.29) is 24.4 Å². The van der Waals surface area contributed by atoms with E-state index >= 15 is 0 Å². The largest absolute Gasteiger partial charge is 0.339 e. The second-order valence-electron chi connectivity index (χ2n) is 6.28. The van der Waals surface area contributed by atoms with Gasteiger partial charge in [-0.15, -0.1) is 12.4 Å². The van der Waals surface area contributed by atoms with E-state index in [4.69, 9.17) is 5.73 Å². The molecule has 1 saturated carbocycles. The minimum atomic E-state index is 0. The molecule has 0 saturated heterocycles. The van der Waals surface area contributed by atoms with Crippen molar-refractivity contribution in [3.63, 3.8) is 0 Å². The molecule has 4 heteroatoms. The molecular weight excluding hydrogens is 296 g/mol. The molecule has 1 atom stereocenters. The molecule has 0 aliphatic heterocycles. The van der Waals surface area contributed by atoms with Gasteiger partial charge in [0.2, 0.25) is 5.91 Å². The molecule has 0 aromatic heterocycles. The summed E-state index contributed by atoms with van der Waals surface area (Å²) in [6.07, 6.45) is 7.16. The molecule has 1 aromatic rings. The highest BCUT2D eigenvalue weighted by Crippen LogP contribution is 2.24. The Morgan fingerprint density at radius 3 is 2.50 bits per heavy atom. The zero-order valence-corrected chi connectivity index (χ0v) is 14.4. The maximum Gasteiger partial charge on any atom is 0.222 e. The number of carbonyl (C=O) groups excluding carboxylic acids is 1. The van der Waals surface area contributed by atoms with Crippen LogP contribution < -0.4 is 5.73 Å². The van der Waals surface area contributed by atoms with Crippen molar-refractivity contribution in [3.8, 4) is 0 Å². The van der Waals surface area contributed by atoms with Crippen LogP contribution in [0.1, 0.15) is 51.0 Å². The molecule has 1 fully saturated rings. The van der Waals surface area contributed by atoms with Gasteiger partial charge in [-0.1, -0.05) is 43.2 Å². The zero-order chi connectivity index (χ0) is 15.1. The summed E-state index contributed by atoms with van der Waals surface area (Å²) in [4.78, 5) is 14.7. The molecule has 1 aromatic carbocycles. The summed E-state index contributed by atoms with van der Waals surface area (Å²) in [5, 5.41) is 0. The first-order valence-electron chi connectivity index (χ1n) is 8.26. The van der Waals surface area contributed by atoms with Crippen LogP contribution in [0.5, 0.6) is 0 Å². The van der Waals surface area contributed by atoms with Gasteiger partial charge in [0.1, 0.15) is 0 Å².